The van der Waals surface area contributed by atoms with E-state index in [2.05, 4.69) is 32.9 Å². The van der Waals surface area contributed by atoms with E-state index in [1.165, 1.54) is 0 Å². The maximum absolute atomic E-state index is 13.2. The maximum atomic E-state index is 13.2. The van der Waals surface area contributed by atoms with Gasteiger partial charge in [0.25, 0.3) is 0 Å². The molecule has 0 bridgehead atoms. The van der Waals surface area contributed by atoms with E-state index in [-0.39, 0.29) is 17.4 Å². The normalized spacial score (nSPS) is 11.7. The Bertz CT molecular complexity index is 1320. The van der Waals surface area contributed by atoms with Crippen LogP contribution in [0.1, 0.15) is 54.1 Å². The van der Waals surface area contributed by atoms with Crippen LogP contribution in [-0.4, -0.2) is 37.6 Å². The van der Waals surface area contributed by atoms with Gasteiger partial charge in [0.15, 0.2) is 0 Å². The van der Waals surface area contributed by atoms with Crippen LogP contribution in [0, 0.1) is 5.92 Å². The second-order valence-corrected chi connectivity index (χ2v) is 9.05. The van der Waals surface area contributed by atoms with E-state index in [9.17, 15) is 14.7 Å². The van der Waals surface area contributed by atoms with Gasteiger partial charge in [0.1, 0.15) is 0 Å². The van der Waals surface area contributed by atoms with Gasteiger partial charge in [-0.1, -0.05) is 92.9 Å². The van der Waals surface area contributed by atoms with Gasteiger partial charge in [-0.3, -0.25) is 4.79 Å². The molecule has 1 amide bonds. The van der Waals surface area contributed by atoms with Crippen LogP contribution in [0.4, 0.5) is 0 Å². The fourth-order valence-corrected chi connectivity index (χ4v) is 4.48. The number of hydrogen-bond donors (Lipinski definition) is 3. The highest BCUT2D eigenvalue weighted by molar-refractivity contribution is 5.89. The molecule has 1 aromatic heterocycles. The van der Waals surface area contributed by atoms with Gasteiger partial charge >= 0.3 is 5.97 Å². The summed E-state index contributed by atoms with van der Waals surface area (Å²) >= 11 is 0. The van der Waals surface area contributed by atoms with E-state index in [4.69, 9.17) is 0 Å². The van der Waals surface area contributed by atoms with Crippen molar-refractivity contribution < 1.29 is 14.7 Å². The van der Waals surface area contributed by atoms with Gasteiger partial charge < -0.3 is 10.4 Å². The monoisotopic (exact) mass is 497 g/mol. The van der Waals surface area contributed by atoms with Crippen LogP contribution in [0.15, 0.2) is 72.8 Å². The zero-order chi connectivity index (χ0) is 26.0. The van der Waals surface area contributed by atoms with E-state index in [1.54, 1.807) is 18.2 Å². The Labute approximate surface area is 216 Å². The molecule has 0 aliphatic heterocycles. The summed E-state index contributed by atoms with van der Waals surface area (Å²) in [5, 5.41) is 27.0. The number of carboxylic acid groups (broad SMARTS) is 1. The Kier molecular flexibility index (Phi) is 8.75. The first-order chi connectivity index (χ1) is 18.1. The summed E-state index contributed by atoms with van der Waals surface area (Å²) in [6.07, 6.45) is 4.15. The van der Waals surface area contributed by atoms with Crippen molar-refractivity contribution in [3.05, 3.63) is 89.5 Å². The molecule has 4 aromatic rings. The summed E-state index contributed by atoms with van der Waals surface area (Å²) in [7, 11) is 0. The van der Waals surface area contributed by atoms with Crippen molar-refractivity contribution in [3.8, 4) is 22.5 Å². The number of amides is 1. The molecule has 1 unspecified atom stereocenters. The molecule has 3 N–H and O–H groups in total. The predicted molar refractivity (Wildman–Crippen MR) is 142 cm³/mol. The van der Waals surface area contributed by atoms with Crippen LogP contribution in [0.5, 0.6) is 0 Å². The number of carboxylic acids is 1. The molecule has 1 atom stereocenters. The fourth-order valence-electron chi connectivity index (χ4n) is 4.48. The van der Waals surface area contributed by atoms with Crippen molar-refractivity contribution >= 4 is 11.9 Å². The molecule has 8 nitrogen and oxygen atoms in total. The Morgan fingerprint density at radius 3 is 2.38 bits per heavy atom. The Morgan fingerprint density at radius 2 is 1.68 bits per heavy atom. The third-order valence-electron chi connectivity index (χ3n) is 6.49. The first-order valence-corrected chi connectivity index (χ1v) is 12.6. The molecular weight excluding hydrogens is 466 g/mol. The highest BCUT2D eigenvalue weighted by atomic mass is 16.4. The topological polar surface area (TPSA) is 121 Å². The van der Waals surface area contributed by atoms with Gasteiger partial charge in [-0.05, 0) is 46.4 Å². The predicted octanol–water partition coefficient (Wildman–Crippen LogP) is 5.29. The van der Waals surface area contributed by atoms with Crippen LogP contribution in [0.2, 0.25) is 0 Å². The number of benzene rings is 3. The number of nitrogens with one attached hydrogen (secondary N) is 2. The zero-order valence-corrected chi connectivity index (χ0v) is 20.9. The van der Waals surface area contributed by atoms with Gasteiger partial charge in [0.05, 0.1) is 5.56 Å². The summed E-state index contributed by atoms with van der Waals surface area (Å²) < 4.78 is 0. The third kappa shape index (κ3) is 6.67. The number of aromatic carboxylic acids is 1. The van der Waals surface area contributed by atoms with Crippen molar-refractivity contribution in [1.82, 2.24) is 25.9 Å². The van der Waals surface area contributed by atoms with Crippen LogP contribution < -0.4 is 5.32 Å². The van der Waals surface area contributed by atoms with Crippen molar-refractivity contribution in [2.75, 3.05) is 0 Å². The second-order valence-electron chi connectivity index (χ2n) is 9.05. The standard InChI is InChI=1S/C29H31N5O3/c1-2-3-4-10-23(18-22-9-5-6-12-25(22)29(36)37)28(35)30-19-20-14-16-21(17-15-20)24-11-7-8-13-26(24)27-31-33-34-32-27/h5-9,11-17,23H,2-4,10,18-19H2,1H3,(H,30,35)(H,36,37)(H,31,32,33,34). The van der Waals surface area contributed by atoms with Gasteiger partial charge in [0, 0.05) is 18.0 Å². The minimum absolute atomic E-state index is 0.0529. The summed E-state index contributed by atoms with van der Waals surface area (Å²) in [4.78, 5) is 24.8. The SMILES string of the molecule is CCCCCC(Cc1ccccc1C(=O)O)C(=O)NCc1ccc(-c2ccccc2-c2nn[nH]n2)cc1. The first kappa shape index (κ1) is 25.8. The number of tetrazole rings is 1. The summed E-state index contributed by atoms with van der Waals surface area (Å²) in [5.74, 6) is -0.772. The number of hydrogen-bond acceptors (Lipinski definition) is 5. The van der Waals surface area contributed by atoms with Gasteiger partial charge in [0.2, 0.25) is 11.7 Å². The van der Waals surface area contributed by atoms with Crippen molar-refractivity contribution in [2.24, 2.45) is 5.92 Å². The Morgan fingerprint density at radius 1 is 0.946 bits per heavy atom. The molecule has 0 saturated heterocycles. The Hall–Kier alpha value is -4.33. The number of aromatic amines is 1. The Balaban J connectivity index is 1.44. The molecule has 0 fully saturated rings. The lowest BCUT2D eigenvalue weighted by atomic mass is 9.90. The minimum Gasteiger partial charge on any atom is -0.478 e. The maximum Gasteiger partial charge on any atom is 0.335 e. The average molecular weight is 498 g/mol. The highest BCUT2D eigenvalue weighted by Gasteiger charge is 2.21. The number of nitrogens with zero attached hydrogens (tertiary/aromatic N) is 3. The zero-order valence-electron chi connectivity index (χ0n) is 20.9. The molecule has 8 heteroatoms. The molecule has 3 aromatic carbocycles. The van der Waals surface area contributed by atoms with Crippen molar-refractivity contribution in [2.45, 2.75) is 45.6 Å². The second kappa shape index (κ2) is 12.6. The van der Waals surface area contributed by atoms with Crippen LogP contribution in [0.3, 0.4) is 0 Å². The number of H-pyrrole nitrogens is 1. The third-order valence-corrected chi connectivity index (χ3v) is 6.49. The van der Waals surface area contributed by atoms with Crippen LogP contribution in [-0.2, 0) is 17.8 Å². The van der Waals surface area contributed by atoms with Crippen LogP contribution >= 0.6 is 0 Å². The van der Waals surface area contributed by atoms with E-state index in [0.29, 0.717) is 24.4 Å². The molecule has 0 aliphatic carbocycles. The molecule has 0 radical (unpaired) electrons. The molecule has 0 aliphatic rings. The van der Waals surface area contributed by atoms with Crippen LogP contribution in [0.25, 0.3) is 22.5 Å². The molecule has 37 heavy (non-hydrogen) atoms. The largest absolute Gasteiger partial charge is 0.478 e. The number of carbonyl (C=O) groups excluding carboxylic acids is 1. The molecule has 4 rings (SSSR count). The summed E-state index contributed by atoms with van der Waals surface area (Å²) in [6, 6.07) is 22.8. The summed E-state index contributed by atoms with van der Waals surface area (Å²) in [5.41, 5.74) is 4.82. The number of unbranched alkanes of at least 4 members (excludes halogenated alkanes) is 2. The summed E-state index contributed by atoms with van der Waals surface area (Å²) in [6.45, 7) is 2.52. The molecular formula is C29H31N5O3. The van der Waals surface area contributed by atoms with Crippen molar-refractivity contribution in [3.63, 3.8) is 0 Å². The first-order valence-electron chi connectivity index (χ1n) is 12.6. The van der Waals surface area contributed by atoms with E-state index >= 15 is 0 Å². The molecule has 0 spiro atoms. The molecule has 1 heterocycles. The van der Waals surface area contributed by atoms with Gasteiger partial charge in [-0.25, -0.2) is 4.79 Å². The lowest BCUT2D eigenvalue weighted by molar-refractivity contribution is -0.125. The lowest BCUT2D eigenvalue weighted by Crippen LogP contribution is -2.32. The van der Waals surface area contributed by atoms with E-state index < -0.39 is 5.97 Å². The number of carbonyl (C=O) groups is 2. The van der Waals surface area contributed by atoms with Crippen molar-refractivity contribution in [1.29, 1.82) is 0 Å². The quantitative estimate of drug-likeness (QED) is 0.229. The number of rotatable bonds is 12. The number of aromatic nitrogens is 4. The smallest absolute Gasteiger partial charge is 0.335 e. The van der Waals surface area contributed by atoms with E-state index in [1.807, 2.05) is 54.6 Å². The van der Waals surface area contributed by atoms with Gasteiger partial charge in [-0.2, -0.15) is 5.21 Å². The average Bonchev–Trinajstić information content (AvgIpc) is 3.47. The van der Waals surface area contributed by atoms with Gasteiger partial charge in [-0.15, -0.1) is 10.2 Å². The molecule has 190 valence electrons. The lowest BCUT2D eigenvalue weighted by Gasteiger charge is -2.18. The minimum atomic E-state index is -0.968. The van der Waals surface area contributed by atoms with E-state index in [0.717, 1.165) is 47.9 Å². The fraction of sp³-hybridized carbons (Fsp3) is 0.276. The molecule has 0 saturated carbocycles. The highest BCUT2D eigenvalue weighted by Crippen LogP contribution is 2.29.